The van der Waals surface area contributed by atoms with Crippen molar-refractivity contribution in [2.75, 3.05) is 19.0 Å². The van der Waals surface area contributed by atoms with Crippen molar-refractivity contribution in [1.82, 2.24) is 9.80 Å². The molecule has 2 fully saturated rings. The zero-order valence-corrected chi connectivity index (χ0v) is 14.6. The minimum Gasteiger partial charge on any atom is -0.444 e. The first-order chi connectivity index (χ1) is 10.3. The second-order valence-corrected chi connectivity index (χ2v) is 7.50. The van der Waals surface area contributed by atoms with Gasteiger partial charge in [0, 0.05) is 19.1 Å². The summed E-state index contributed by atoms with van der Waals surface area (Å²) >= 11 is 5.73. The highest BCUT2D eigenvalue weighted by Gasteiger charge is 2.37. The monoisotopic (exact) mass is 330 g/mol. The molecule has 0 radical (unpaired) electrons. The van der Waals surface area contributed by atoms with E-state index in [1.54, 1.807) is 4.90 Å². The van der Waals surface area contributed by atoms with Crippen molar-refractivity contribution >= 4 is 23.6 Å². The highest BCUT2D eigenvalue weighted by Crippen LogP contribution is 2.29. The average molecular weight is 331 g/mol. The molecule has 2 amide bonds. The van der Waals surface area contributed by atoms with Crippen LogP contribution in [-0.4, -0.2) is 58.5 Å². The molecule has 1 atom stereocenters. The lowest BCUT2D eigenvalue weighted by Gasteiger charge is -2.39. The molecule has 0 N–H and O–H groups in total. The smallest absolute Gasteiger partial charge is 0.410 e. The van der Waals surface area contributed by atoms with Crippen molar-refractivity contribution < 1.29 is 14.3 Å². The van der Waals surface area contributed by atoms with Crippen LogP contribution in [-0.2, 0) is 9.53 Å². The van der Waals surface area contributed by atoms with Crippen LogP contribution in [0, 0.1) is 0 Å². The standard InChI is InChI=1S/C16H27ClN2O3/c1-16(2,3)22-15(21)18-9-5-4-6-13(18)11-19(12-7-8-12)14(20)10-17/h12-13H,4-11H2,1-3H3/t13-/m0/s1. The molecule has 0 bridgehead atoms. The molecule has 1 aliphatic carbocycles. The van der Waals surface area contributed by atoms with Gasteiger partial charge in [-0.3, -0.25) is 4.79 Å². The average Bonchev–Trinajstić information content (AvgIpc) is 3.27. The number of ether oxygens (including phenoxy) is 1. The molecule has 0 aromatic carbocycles. The van der Waals surface area contributed by atoms with E-state index in [4.69, 9.17) is 16.3 Å². The fourth-order valence-corrected chi connectivity index (χ4v) is 3.05. The van der Waals surface area contributed by atoms with E-state index in [0.717, 1.165) is 32.1 Å². The van der Waals surface area contributed by atoms with Crippen LogP contribution in [0.4, 0.5) is 4.79 Å². The van der Waals surface area contributed by atoms with Gasteiger partial charge in [-0.15, -0.1) is 11.6 Å². The summed E-state index contributed by atoms with van der Waals surface area (Å²) < 4.78 is 5.51. The second-order valence-electron chi connectivity index (χ2n) is 7.23. The SMILES string of the molecule is CC(C)(C)OC(=O)N1CCCC[C@H]1CN(C(=O)CCl)C1CC1. The summed E-state index contributed by atoms with van der Waals surface area (Å²) in [7, 11) is 0. The Morgan fingerprint density at radius 2 is 1.91 bits per heavy atom. The van der Waals surface area contributed by atoms with Crippen molar-refractivity contribution in [2.24, 2.45) is 0 Å². The van der Waals surface area contributed by atoms with Crippen LogP contribution in [0.5, 0.6) is 0 Å². The van der Waals surface area contributed by atoms with Gasteiger partial charge < -0.3 is 14.5 Å². The van der Waals surface area contributed by atoms with E-state index in [9.17, 15) is 9.59 Å². The van der Waals surface area contributed by atoms with Gasteiger partial charge in [0.05, 0.1) is 6.04 Å². The largest absolute Gasteiger partial charge is 0.444 e. The molecule has 2 rings (SSSR count). The molecule has 126 valence electrons. The van der Waals surface area contributed by atoms with Crippen LogP contribution in [0.3, 0.4) is 0 Å². The third-order valence-corrected chi connectivity index (χ3v) is 4.31. The van der Waals surface area contributed by atoms with Crippen LogP contribution in [0.2, 0.25) is 0 Å². The molecule has 5 nitrogen and oxygen atoms in total. The Morgan fingerprint density at radius 3 is 2.45 bits per heavy atom. The van der Waals surface area contributed by atoms with Gasteiger partial charge in [-0.05, 0) is 52.9 Å². The molecule has 0 unspecified atom stereocenters. The molecule has 2 aliphatic rings. The van der Waals surface area contributed by atoms with Crippen LogP contribution in [0.25, 0.3) is 0 Å². The van der Waals surface area contributed by atoms with Crippen molar-refractivity contribution in [3.63, 3.8) is 0 Å². The van der Waals surface area contributed by atoms with E-state index in [0.29, 0.717) is 19.1 Å². The Kier molecular flexibility index (Phi) is 5.59. The Morgan fingerprint density at radius 1 is 1.23 bits per heavy atom. The van der Waals surface area contributed by atoms with Gasteiger partial charge in [0.25, 0.3) is 0 Å². The molecule has 0 spiro atoms. The minimum absolute atomic E-state index is 0.00958. The molecule has 1 saturated carbocycles. The van der Waals surface area contributed by atoms with Crippen molar-refractivity contribution in [1.29, 1.82) is 0 Å². The maximum atomic E-state index is 12.4. The number of likely N-dealkylation sites (tertiary alicyclic amines) is 1. The van der Waals surface area contributed by atoms with Gasteiger partial charge >= 0.3 is 6.09 Å². The Labute approximate surface area is 137 Å². The summed E-state index contributed by atoms with van der Waals surface area (Å²) in [6.07, 6.45) is 4.80. The second kappa shape index (κ2) is 7.07. The van der Waals surface area contributed by atoms with E-state index in [2.05, 4.69) is 0 Å². The number of carbonyl (C=O) groups excluding carboxylic acids is 2. The number of nitrogens with zero attached hydrogens (tertiary/aromatic N) is 2. The van der Waals surface area contributed by atoms with Gasteiger partial charge in [0.2, 0.25) is 5.91 Å². The summed E-state index contributed by atoms with van der Waals surface area (Å²) in [5, 5.41) is 0. The van der Waals surface area contributed by atoms with Gasteiger partial charge in [-0.2, -0.15) is 0 Å². The number of carbonyl (C=O) groups is 2. The van der Waals surface area contributed by atoms with Crippen LogP contribution < -0.4 is 0 Å². The topological polar surface area (TPSA) is 49.9 Å². The molecule has 1 saturated heterocycles. The first-order valence-electron chi connectivity index (χ1n) is 8.17. The van der Waals surface area contributed by atoms with Crippen LogP contribution in [0.1, 0.15) is 52.9 Å². The fraction of sp³-hybridized carbons (Fsp3) is 0.875. The summed E-state index contributed by atoms with van der Waals surface area (Å²) in [4.78, 5) is 28.1. The zero-order valence-electron chi connectivity index (χ0n) is 13.8. The predicted octanol–water partition coefficient (Wildman–Crippen LogP) is 3.01. The highest BCUT2D eigenvalue weighted by molar-refractivity contribution is 6.27. The first-order valence-corrected chi connectivity index (χ1v) is 8.70. The fourth-order valence-electron chi connectivity index (χ4n) is 2.90. The summed E-state index contributed by atoms with van der Waals surface area (Å²) in [6, 6.07) is 0.352. The Hall–Kier alpha value is -0.970. The Bertz CT molecular complexity index is 418. The lowest BCUT2D eigenvalue weighted by molar-refractivity contribution is -0.130. The predicted molar refractivity (Wildman–Crippen MR) is 86.0 cm³/mol. The maximum Gasteiger partial charge on any atom is 0.410 e. The molecular weight excluding hydrogens is 304 g/mol. The number of piperidine rings is 1. The first kappa shape index (κ1) is 17.4. The number of halogens is 1. The minimum atomic E-state index is -0.499. The van der Waals surface area contributed by atoms with E-state index >= 15 is 0 Å². The third-order valence-electron chi connectivity index (χ3n) is 4.08. The molecule has 6 heteroatoms. The highest BCUT2D eigenvalue weighted by atomic mass is 35.5. The number of hydrogen-bond acceptors (Lipinski definition) is 3. The number of amides is 2. The van der Waals surface area contributed by atoms with E-state index in [-0.39, 0.29) is 23.9 Å². The Balaban J connectivity index is 2.02. The third kappa shape index (κ3) is 4.77. The van der Waals surface area contributed by atoms with E-state index in [1.807, 2.05) is 25.7 Å². The van der Waals surface area contributed by atoms with Gasteiger partial charge in [-0.25, -0.2) is 4.79 Å². The molecular formula is C16H27ClN2O3. The number of alkyl halides is 1. The van der Waals surface area contributed by atoms with Crippen molar-refractivity contribution in [3.05, 3.63) is 0 Å². The maximum absolute atomic E-state index is 12.4. The number of hydrogen-bond donors (Lipinski definition) is 0. The summed E-state index contributed by atoms with van der Waals surface area (Å²) in [5.41, 5.74) is -0.499. The van der Waals surface area contributed by atoms with Gasteiger partial charge in [-0.1, -0.05) is 0 Å². The molecule has 0 aromatic rings. The molecule has 0 aromatic heterocycles. The summed E-state index contributed by atoms with van der Waals surface area (Å²) in [6.45, 7) is 6.90. The molecule has 22 heavy (non-hydrogen) atoms. The van der Waals surface area contributed by atoms with Crippen LogP contribution >= 0.6 is 11.6 Å². The zero-order chi connectivity index (χ0) is 16.3. The number of rotatable bonds is 4. The van der Waals surface area contributed by atoms with Gasteiger partial charge in [0.15, 0.2) is 0 Å². The van der Waals surface area contributed by atoms with E-state index < -0.39 is 5.60 Å². The van der Waals surface area contributed by atoms with Crippen LogP contribution in [0.15, 0.2) is 0 Å². The summed E-state index contributed by atoms with van der Waals surface area (Å²) in [5.74, 6) is -0.0192. The quantitative estimate of drug-likeness (QED) is 0.744. The van der Waals surface area contributed by atoms with E-state index in [1.165, 1.54) is 0 Å². The lowest BCUT2D eigenvalue weighted by atomic mass is 10.0. The van der Waals surface area contributed by atoms with Crippen molar-refractivity contribution in [2.45, 2.75) is 70.6 Å². The molecule has 1 aliphatic heterocycles. The normalized spacial score (nSPS) is 22.4. The van der Waals surface area contributed by atoms with Gasteiger partial charge in [0.1, 0.15) is 11.5 Å². The molecule has 1 heterocycles. The van der Waals surface area contributed by atoms with Crippen molar-refractivity contribution in [3.8, 4) is 0 Å². The lowest BCUT2D eigenvalue weighted by Crippen LogP contribution is -2.52.